The van der Waals surface area contributed by atoms with Crippen molar-refractivity contribution >= 4 is 27.5 Å². The van der Waals surface area contributed by atoms with Gasteiger partial charge < -0.3 is 10.1 Å². The van der Waals surface area contributed by atoms with Crippen LogP contribution >= 0.6 is 11.6 Å². The zero-order chi connectivity index (χ0) is 18.6. The van der Waals surface area contributed by atoms with Crippen molar-refractivity contribution in [3.05, 3.63) is 29.3 Å². The number of nitrogens with zero attached hydrogens (tertiary/aromatic N) is 2. The Balaban J connectivity index is 1.48. The Morgan fingerprint density at radius 2 is 1.96 bits per heavy atom. The van der Waals surface area contributed by atoms with Gasteiger partial charge in [-0.3, -0.25) is 9.69 Å². The fourth-order valence-electron chi connectivity index (χ4n) is 3.21. The van der Waals surface area contributed by atoms with Gasteiger partial charge in [0.2, 0.25) is 15.9 Å². The van der Waals surface area contributed by atoms with E-state index in [2.05, 4.69) is 5.32 Å². The van der Waals surface area contributed by atoms with Crippen LogP contribution in [0.5, 0.6) is 0 Å². The topological polar surface area (TPSA) is 79.0 Å². The highest BCUT2D eigenvalue weighted by Gasteiger charge is 2.30. The summed E-state index contributed by atoms with van der Waals surface area (Å²) in [7, 11) is -3.61. The minimum absolute atomic E-state index is 0.0529. The second-order valence-electron chi connectivity index (χ2n) is 6.55. The molecule has 2 fully saturated rings. The van der Waals surface area contributed by atoms with E-state index in [0.717, 1.165) is 19.4 Å². The van der Waals surface area contributed by atoms with Gasteiger partial charge in [-0.2, -0.15) is 4.31 Å². The van der Waals surface area contributed by atoms with Crippen molar-refractivity contribution in [3.63, 3.8) is 0 Å². The number of carbonyl (C=O) groups is 1. The van der Waals surface area contributed by atoms with Gasteiger partial charge in [-0.15, -0.1) is 0 Å². The number of hydrogen-bond acceptors (Lipinski definition) is 5. The Kier molecular flexibility index (Phi) is 6.52. The van der Waals surface area contributed by atoms with Gasteiger partial charge in [-0.25, -0.2) is 8.42 Å². The summed E-state index contributed by atoms with van der Waals surface area (Å²) in [5.74, 6) is -0.0529. The third-order valence-corrected chi connectivity index (χ3v) is 7.10. The maximum atomic E-state index is 12.7. The van der Waals surface area contributed by atoms with Gasteiger partial charge in [-0.1, -0.05) is 23.7 Å². The molecule has 26 heavy (non-hydrogen) atoms. The van der Waals surface area contributed by atoms with Crippen molar-refractivity contribution < 1.29 is 17.9 Å². The summed E-state index contributed by atoms with van der Waals surface area (Å²) in [5.41, 5.74) is 0. The summed E-state index contributed by atoms with van der Waals surface area (Å²) in [6.07, 6.45) is 2.15. The van der Waals surface area contributed by atoms with Gasteiger partial charge in [0.25, 0.3) is 0 Å². The van der Waals surface area contributed by atoms with E-state index in [-0.39, 0.29) is 28.5 Å². The van der Waals surface area contributed by atoms with E-state index in [1.807, 2.05) is 4.90 Å². The minimum Gasteiger partial charge on any atom is -0.376 e. The van der Waals surface area contributed by atoms with Gasteiger partial charge in [-0.05, 0) is 25.0 Å². The van der Waals surface area contributed by atoms with E-state index in [1.54, 1.807) is 18.2 Å². The number of carbonyl (C=O) groups excluding carboxylic acids is 1. The highest BCUT2D eigenvalue weighted by Crippen LogP contribution is 2.24. The molecule has 2 aliphatic heterocycles. The highest BCUT2D eigenvalue weighted by molar-refractivity contribution is 7.89. The van der Waals surface area contributed by atoms with Crippen LogP contribution in [0, 0.1) is 0 Å². The smallest absolute Gasteiger partial charge is 0.244 e. The van der Waals surface area contributed by atoms with Crippen LogP contribution in [0.4, 0.5) is 0 Å². The zero-order valence-electron chi connectivity index (χ0n) is 14.6. The van der Waals surface area contributed by atoms with E-state index in [9.17, 15) is 13.2 Å². The van der Waals surface area contributed by atoms with E-state index in [4.69, 9.17) is 16.3 Å². The van der Waals surface area contributed by atoms with Crippen LogP contribution in [-0.4, -0.2) is 75.5 Å². The first-order valence-electron chi connectivity index (χ1n) is 8.82. The average molecular weight is 402 g/mol. The first-order chi connectivity index (χ1) is 12.5. The number of ether oxygens (including phenoxy) is 1. The predicted molar refractivity (Wildman–Crippen MR) is 98.6 cm³/mol. The molecular formula is C17H24ClN3O4S. The molecule has 0 unspecified atom stereocenters. The maximum absolute atomic E-state index is 12.7. The molecule has 1 atom stereocenters. The Hall–Kier alpha value is -1.19. The van der Waals surface area contributed by atoms with Gasteiger partial charge in [0.15, 0.2) is 0 Å². The fraction of sp³-hybridized carbons (Fsp3) is 0.588. The number of hydrogen-bond donors (Lipinski definition) is 1. The van der Waals surface area contributed by atoms with Crippen LogP contribution in [0.1, 0.15) is 12.8 Å². The van der Waals surface area contributed by atoms with E-state index in [0.29, 0.717) is 32.7 Å². The van der Waals surface area contributed by atoms with Gasteiger partial charge >= 0.3 is 0 Å². The number of nitrogens with one attached hydrogen (secondary N) is 1. The van der Waals surface area contributed by atoms with Gasteiger partial charge in [0.05, 0.1) is 17.7 Å². The monoisotopic (exact) mass is 401 g/mol. The summed E-state index contributed by atoms with van der Waals surface area (Å²) >= 11 is 6.03. The summed E-state index contributed by atoms with van der Waals surface area (Å²) in [4.78, 5) is 14.1. The van der Waals surface area contributed by atoms with Crippen molar-refractivity contribution in [1.29, 1.82) is 0 Å². The molecule has 0 radical (unpaired) electrons. The van der Waals surface area contributed by atoms with Gasteiger partial charge in [0.1, 0.15) is 4.90 Å². The molecule has 0 aliphatic carbocycles. The molecular weight excluding hydrogens is 378 g/mol. The van der Waals surface area contributed by atoms with Crippen LogP contribution in [-0.2, 0) is 19.6 Å². The van der Waals surface area contributed by atoms with Crippen LogP contribution in [0.3, 0.4) is 0 Å². The van der Waals surface area contributed by atoms with Crippen molar-refractivity contribution in [1.82, 2.24) is 14.5 Å². The molecule has 2 saturated heterocycles. The quantitative estimate of drug-likeness (QED) is 0.767. The molecule has 1 amide bonds. The minimum atomic E-state index is -3.61. The summed E-state index contributed by atoms with van der Waals surface area (Å²) in [6, 6.07) is 6.45. The molecule has 0 saturated carbocycles. The first-order valence-corrected chi connectivity index (χ1v) is 10.6. The molecule has 3 rings (SSSR count). The molecule has 2 heterocycles. The van der Waals surface area contributed by atoms with Crippen molar-refractivity contribution in [2.75, 3.05) is 45.9 Å². The molecule has 0 bridgehead atoms. The van der Waals surface area contributed by atoms with Crippen LogP contribution in [0.2, 0.25) is 5.02 Å². The lowest BCUT2D eigenvalue weighted by molar-refractivity contribution is -0.123. The third kappa shape index (κ3) is 4.75. The van der Waals surface area contributed by atoms with Crippen LogP contribution in [0.25, 0.3) is 0 Å². The van der Waals surface area contributed by atoms with Crippen molar-refractivity contribution in [3.8, 4) is 0 Å². The Bertz CT molecular complexity index is 729. The molecule has 1 N–H and O–H groups in total. The molecule has 0 spiro atoms. The first kappa shape index (κ1) is 19.6. The zero-order valence-corrected chi connectivity index (χ0v) is 16.1. The van der Waals surface area contributed by atoms with Crippen molar-refractivity contribution in [2.24, 2.45) is 0 Å². The summed E-state index contributed by atoms with van der Waals surface area (Å²) < 4.78 is 32.3. The Morgan fingerprint density at radius 3 is 2.62 bits per heavy atom. The lowest BCUT2D eigenvalue weighted by Crippen LogP contribution is -2.51. The number of benzene rings is 1. The van der Waals surface area contributed by atoms with Crippen LogP contribution in [0.15, 0.2) is 29.2 Å². The van der Waals surface area contributed by atoms with Gasteiger partial charge in [0, 0.05) is 39.3 Å². The van der Waals surface area contributed by atoms with E-state index < -0.39 is 10.0 Å². The average Bonchev–Trinajstić information content (AvgIpc) is 3.14. The van der Waals surface area contributed by atoms with Crippen molar-refractivity contribution in [2.45, 2.75) is 23.8 Å². The molecule has 1 aromatic rings. The third-order valence-electron chi connectivity index (χ3n) is 4.70. The highest BCUT2D eigenvalue weighted by atomic mass is 35.5. The Morgan fingerprint density at radius 1 is 1.23 bits per heavy atom. The lowest BCUT2D eigenvalue weighted by atomic mass is 10.2. The van der Waals surface area contributed by atoms with Crippen LogP contribution < -0.4 is 5.32 Å². The fourth-order valence-corrected chi connectivity index (χ4v) is 5.13. The number of rotatable bonds is 6. The number of sulfonamides is 1. The SMILES string of the molecule is O=C(CN1CCN(S(=O)(=O)c2ccccc2Cl)CC1)NC[C@@H]1CCCO1. The summed E-state index contributed by atoms with van der Waals surface area (Å²) in [5, 5.41) is 3.12. The van der Waals surface area contributed by atoms with E-state index in [1.165, 1.54) is 10.4 Å². The second-order valence-corrected chi connectivity index (χ2v) is 8.86. The maximum Gasteiger partial charge on any atom is 0.244 e. The normalized spacial score (nSPS) is 22.4. The largest absolute Gasteiger partial charge is 0.376 e. The summed E-state index contributed by atoms with van der Waals surface area (Å²) in [6.45, 7) is 3.28. The molecule has 1 aromatic carbocycles. The molecule has 2 aliphatic rings. The Labute approximate surface area is 159 Å². The van der Waals surface area contributed by atoms with E-state index >= 15 is 0 Å². The molecule has 7 nitrogen and oxygen atoms in total. The predicted octanol–water partition coefficient (Wildman–Crippen LogP) is 0.941. The standard InChI is InChI=1S/C17H24ClN3O4S/c18-15-5-1-2-6-16(15)26(23,24)21-9-7-20(8-10-21)13-17(22)19-12-14-4-3-11-25-14/h1-2,5-6,14H,3-4,7-13H2,(H,19,22)/t14-/m0/s1. The number of amides is 1. The molecule has 9 heteroatoms. The second kappa shape index (κ2) is 8.67. The number of halogens is 1. The number of piperazine rings is 1. The lowest BCUT2D eigenvalue weighted by Gasteiger charge is -2.33. The molecule has 144 valence electrons. The molecule has 0 aromatic heterocycles.